The number of aromatic carboxylic acids is 1. The van der Waals surface area contributed by atoms with E-state index in [1.165, 1.54) is 0 Å². The summed E-state index contributed by atoms with van der Waals surface area (Å²) in [6.45, 7) is 7.32. The SMILES string of the molecule is CCc1c(C(=O)O)n(-c2ccc(-c3ccccc3-c3nn[nH]n3)cc2)c(=NC(=O)C(C)(C)C)[s+]1C. The van der Waals surface area contributed by atoms with Crippen molar-refractivity contribution in [3.63, 3.8) is 0 Å². The molecule has 2 N–H and O–H groups in total. The van der Waals surface area contributed by atoms with Gasteiger partial charge in [-0.2, -0.15) is 5.21 Å². The Bertz CT molecular complexity index is 1460. The summed E-state index contributed by atoms with van der Waals surface area (Å²) in [6, 6.07) is 15.2. The molecule has 1 unspecified atom stereocenters. The summed E-state index contributed by atoms with van der Waals surface area (Å²) in [5, 5.41) is 24.4. The van der Waals surface area contributed by atoms with Gasteiger partial charge in [-0.1, -0.05) is 64.1 Å². The van der Waals surface area contributed by atoms with Crippen LogP contribution < -0.4 is 4.80 Å². The molecule has 1 amide bonds. The van der Waals surface area contributed by atoms with E-state index in [0.717, 1.165) is 21.6 Å². The minimum atomic E-state index is -1.04. The van der Waals surface area contributed by atoms with Gasteiger partial charge in [0.1, 0.15) is 6.26 Å². The van der Waals surface area contributed by atoms with Crippen molar-refractivity contribution >= 4 is 22.3 Å². The second kappa shape index (κ2) is 9.38. The van der Waals surface area contributed by atoms with Gasteiger partial charge in [-0.15, -0.1) is 15.2 Å². The third-order valence-electron chi connectivity index (χ3n) is 5.63. The number of amides is 1. The largest absolute Gasteiger partial charge is 0.476 e. The molecule has 0 bridgehead atoms. The number of nitrogens with one attached hydrogen (secondary N) is 1. The molecular formula is C25H27N6O3S+. The Morgan fingerprint density at radius 1 is 1.09 bits per heavy atom. The number of thiazole rings is 1. The van der Waals surface area contributed by atoms with Crippen molar-refractivity contribution in [1.82, 2.24) is 25.2 Å². The third-order valence-corrected chi connectivity index (χ3v) is 7.68. The minimum Gasteiger partial charge on any atom is -0.476 e. The quantitative estimate of drug-likeness (QED) is 0.400. The molecule has 0 aliphatic heterocycles. The highest BCUT2D eigenvalue weighted by Gasteiger charge is 2.32. The lowest BCUT2D eigenvalue weighted by molar-refractivity contribution is -0.125. The van der Waals surface area contributed by atoms with Crippen LogP contribution in [-0.2, 0) is 17.5 Å². The molecule has 2 aromatic heterocycles. The lowest BCUT2D eigenvalue weighted by Crippen LogP contribution is -2.25. The first-order chi connectivity index (χ1) is 16.6. The van der Waals surface area contributed by atoms with Crippen LogP contribution >= 0.6 is 10.5 Å². The Morgan fingerprint density at radius 2 is 1.74 bits per heavy atom. The number of carboxylic acid groups (broad SMARTS) is 1. The van der Waals surface area contributed by atoms with Crippen LogP contribution in [0.25, 0.3) is 28.2 Å². The zero-order chi connectivity index (χ0) is 25.3. The second-order valence-corrected chi connectivity index (χ2v) is 10.9. The average Bonchev–Trinajstić information content (AvgIpc) is 3.45. The van der Waals surface area contributed by atoms with Crippen LogP contribution in [0, 0.1) is 5.41 Å². The molecule has 4 aromatic rings. The molecule has 2 aromatic carbocycles. The van der Waals surface area contributed by atoms with Gasteiger partial charge in [0.2, 0.25) is 5.82 Å². The number of carboxylic acids is 1. The van der Waals surface area contributed by atoms with Gasteiger partial charge in [0.15, 0.2) is 10.6 Å². The van der Waals surface area contributed by atoms with Gasteiger partial charge in [0.25, 0.3) is 5.91 Å². The molecule has 35 heavy (non-hydrogen) atoms. The standard InChI is InChI=1S/C25H26N6O3S/c1-6-19-20(22(32)33)31(24(35(19)5)26-23(34)25(2,3)4)16-13-11-15(12-14-16)17-9-7-8-10-18(17)21-27-29-30-28-21/h7-14H,6H2,1-5H3,(H-,27,28,29,30,32,33)/p+1. The summed E-state index contributed by atoms with van der Waals surface area (Å²) in [5.74, 6) is -0.844. The van der Waals surface area contributed by atoms with E-state index in [4.69, 9.17) is 0 Å². The van der Waals surface area contributed by atoms with Gasteiger partial charge in [-0.05, 0) is 28.5 Å². The fourth-order valence-corrected chi connectivity index (χ4v) is 5.63. The molecule has 0 radical (unpaired) electrons. The summed E-state index contributed by atoms with van der Waals surface area (Å²) in [7, 11) is -0.623. The first-order valence-electron chi connectivity index (χ1n) is 11.1. The summed E-state index contributed by atoms with van der Waals surface area (Å²) >= 11 is 0. The van der Waals surface area contributed by atoms with Gasteiger partial charge in [0, 0.05) is 27.9 Å². The second-order valence-electron chi connectivity index (χ2n) is 9.05. The first kappa shape index (κ1) is 24.2. The molecule has 0 aliphatic carbocycles. The van der Waals surface area contributed by atoms with Crippen molar-refractivity contribution < 1.29 is 14.7 Å². The van der Waals surface area contributed by atoms with E-state index in [1.54, 1.807) is 25.3 Å². The smallest absolute Gasteiger partial charge is 0.358 e. The maximum absolute atomic E-state index is 12.8. The van der Waals surface area contributed by atoms with E-state index in [0.29, 0.717) is 22.7 Å². The Balaban J connectivity index is 1.90. The molecular weight excluding hydrogens is 464 g/mol. The molecule has 0 fully saturated rings. The van der Waals surface area contributed by atoms with Crippen LogP contribution in [0.3, 0.4) is 0 Å². The third kappa shape index (κ3) is 4.57. The number of hydrogen-bond donors (Lipinski definition) is 2. The lowest BCUT2D eigenvalue weighted by Gasteiger charge is -2.11. The molecule has 4 rings (SSSR count). The fraction of sp³-hybridized carbons (Fsp3) is 0.280. The van der Waals surface area contributed by atoms with Crippen molar-refractivity contribution in [1.29, 1.82) is 0 Å². The molecule has 180 valence electrons. The van der Waals surface area contributed by atoms with Gasteiger partial charge < -0.3 is 5.11 Å². The molecule has 1 atom stereocenters. The van der Waals surface area contributed by atoms with E-state index in [2.05, 4.69) is 25.6 Å². The van der Waals surface area contributed by atoms with Crippen LogP contribution in [0.5, 0.6) is 0 Å². The van der Waals surface area contributed by atoms with Gasteiger partial charge in [-0.25, -0.2) is 9.36 Å². The van der Waals surface area contributed by atoms with Crippen molar-refractivity contribution in [2.45, 2.75) is 34.1 Å². The molecule has 0 saturated heterocycles. The number of tetrazole rings is 1. The van der Waals surface area contributed by atoms with E-state index in [9.17, 15) is 14.7 Å². The number of carbonyl (C=O) groups excluding carboxylic acids is 1. The van der Waals surface area contributed by atoms with E-state index < -0.39 is 21.9 Å². The Morgan fingerprint density at radius 3 is 2.29 bits per heavy atom. The number of rotatable bonds is 5. The van der Waals surface area contributed by atoms with Crippen LogP contribution in [0.2, 0.25) is 0 Å². The van der Waals surface area contributed by atoms with Crippen LogP contribution in [0.15, 0.2) is 53.5 Å². The van der Waals surface area contributed by atoms with Crippen LogP contribution in [-0.4, -0.2) is 42.2 Å². The molecule has 0 spiro atoms. The monoisotopic (exact) mass is 491 g/mol. The highest BCUT2D eigenvalue weighted by Crippen LogP contribution is 2.31. The number of carbonyl (C=O) groups is 2. The first-order valence-corrected chi connectivity index (χ1v) is 12.8. The van der Waals surface area contributed by atoms with E-state index in [-0.39, 0.29) is 11.6 Å². The Hall–Kier alpha value is -3.92. The van der Waals surface area contributed by atoms with E-state index in [1.807, 2.05) is 61.7 Å². The summed E-state index contributed by atoms with van der Waals surface area (Å²) < 4.78 is 1.61. The summed E-state index contributed by atoms with van der Waals surface area (Å²) in [5.41, 5.74) is 2.76. The van der Waals surface area contributed by atoms with Crippen molar-refractivity contribution in [2.24, 2.45) is 16.7 Å². The molecule has 2 heterocycles. The predicted molar refractivity (Wildman–Crippen MR) is 134 cm³/mol. The van der Waals surface area contributed by atoms with Crippen molar-refractivity contribution in [3.05, 3.63) is 63.9 Å². The normalized spacial score (nSPS) is 12.7. The Kier molecular flexibility index (Phi) is 6.49. The minimum absolute atomic E-state index is 0.165. The van der Waals surface area contributed by atoms with Crippen molar-refractivity contribution in [3.8, 4) is 28.2 Å². The number of nitrogens with zero attached hydrogens (tertiary/aromatic N) is 5. The van der Waals surface area contributed by atoms with Crippen LogP contribution in [0.1, 0.15) is 43.1 Å². The zero-order valence-electron chi connectivity index (χ0n) is 20.2. The van der Waals surface area contributed by atoms with Gasteiger partial charge in [0.05, 0.1) is 5.69 Å². The maximum Gasteiger partial charge on any atom is 0.358 e. The van der Waals surface area contributed by atoms with Crippen LogP contribution in [0.4, 0.5) is 0 Å². The van der Waals surface area contributed by atoms with E-state index >= 15 is 0 Å². The molecule has 0 aliphatic rings. The lowest BCUT2D eigenvalue weighted by atomic mass is 9.96. The summed E-state index contributed by atoms with van der Waals surface area (Å²) in [4.78, 5) is 30.8. The summed E-state index contributed by atoms with van der Waals surface area (Å²) in [6.07, 6.45) is 2.47. The zero-order valence-corrected chi connectivity index (χ0v) is 21.1. The topological polar surface area (TPSA) is 126 Å². The molecule has 10 heteroatoms. The molecule has 9 nitrogen and oxygen atoms in total. The number of aromatic amines is 1. The average molecular weight is 492 g/mol. The van der Waals surface area contributed by atoms with Gasteiger partial charge in [-0.3, -0.25) is 4.79 Å². The number of hydrogen-bond acceptors (Lipinski definition) is 5. The molecule has 0 saturated carbocycles. The highest BCUT2D eigenvalue weighted by molar-refractivity contribution is 7.27. The van der Waals surface area contributed by atoms with Crippen molar-refractivity contribution in [2.75, 3.05) is 0 Å². The number of benzene rings is 2. The Labute approximate surface area is 205 Å². The number of H-pyrrole nitrogens is 1. The highest BCUT2D eigenvalue weighted by atomic mass is 32.2. The fourth-order valence-electron chi connectivity index (χ4n) is 3.82. The predicted octanol–water partition coefficient (Wildman–Crippen LogP) is 4.34. The van der Waals surface area contributed by atoms with Gasteiger partial charge >= 0.3 is 10.8 Å². The maximum atomic E-state index is 12.8. The number of aromatic nitrogens is 5.